The smallest absolute Gasteiger partial charge is 0.300 e. The van der Waals surface area contributed by atoms with Gasteiger partial charge in [-0.2, -0.15) is 13.5 Å². The molecule has 0 aliphatic carbocycles. The molecule has 0 radical (unpaired) electrons. The van der Waals surface area contributed by atoms with Crippen LogP contribution in [0.4, 0.5) is 28.6 Å². The largest absolute Gasteiger partial charge is 0.496 e. The first kappa shape index (κ1) is 20.1. The highest BCUT2D eigenvalue weighted by atomic mass is 35.5. The summed E-state index contributed by atoms with van der Waals surface area (Å²) < 4.78 is 31.4. The summed E-state index contributed by atoms with van der Waals surface area (Å²) in [4.78, 5) is 10.5. The van der Waals surface area contributed by atoms with Gasteiger partial charge in [-0.25, -0.2) is 0 Å². The number of ether oxygens (including phenoxy) is 1. The van der Waals surface area contributed by atoms with Crippen LogP contribution in [-0.4, -0.2) is 29.6 Å². The van der Waals surface area contributed by atoms with E-state index in [2.05, 4.69) is 20.6 Å². The zero-order valence-electron chi connectivity index (χ0n) is 14.9. The molecule has 0 spiro atoms. The fraction of sp³-hybridized carbons (Fsp3) is 0.0625. The number of hydrogen-bond acceptors (Lipinski definition) is 9. The van der Waals surface area contributed by atoms with E-state index in [1.165, 1.54) is 37.4 Å². The molecule has 1 aliphatic heterocycles. The number of benzene rings is 2. The minimum absolute atomic E-state index is 0.0216. The Hall–Kier alpha value is -3.22. The van der Waals surface area contributed by atoms with Gasteiger partial charge in [-0.1, -0.05) is 23.2 Å². The average Bonchev–Trinajstić information content (AvgIpc) is 3.11. The van der Waals surface area contributed by atoms with E-state index in [0.717, 1.165) is 10.3 Å². The summed E-state index contributed by atoms with van der Waals surface area (Å²) in [6.45, 7) is 0. The quantitative estimate of drug-likeness (QED) is 0.257. The van der Waals surface area contributed by atoms with E-state index in [-0.39, 0.29) is 49.3 Å². The fourth-order valence-electron chi connectivity index (χ4n) is 2.75. The Kier molecular flexibility index (Phi) is 4.84. The van der Waals surface area contributed by atoms with Gasteiger partial charge >= 0.3 is 0 Å². The summed E-state index contributed by atoms with van der Waals surface area (Å²) in [6.07, 6.45) is 1.15. The number of azo groups is 1. The van der Waals surface area contributed by atoms with Gasteiger partial charge in [0.15, 0.2) is 11.5 Å². The van der Waals surface area contributed by atoms with Crippen molar-refractivity contribution in [1.29, 1.82) is 0 Å². The molecule has 0 fully saturated rings. The highest BCUT2D eigenvalue weighted by Gasteiger charge is 2.33. The van der Waals surface area contributed by atoms with Crippen molar-refractivity contribution < 1.29 is 18.1 Å². The Balaban J connectivity index is 1.78. The number of nitrogens with zero attached hydrogens (tertiary/aromatic N) is 5. The summed E-state index contributed by atoms with van der Waals surface area (Å²) in [5.74, 6) is 0.257. The number of aromatic nitrogens is 2. The number of fused-ring (bicyclic) bond motifs is 2. The van der Waals surface area contributed by atoms with E-state index in [1.54, 1.807) is 0 Å². The molecular weight excluding hydrogens is 459 g/mol. The molecule has 1 N–H and O–H groups in total. The third-order valence-corrected chi connectivity index (χ3v) is 6.26. The lowest BCUT2D eigenvalue weighted by atomic mass is 10.2. The minimum Gasteiger partial charge on any atom is -0.496 e. The third-order valence-electron chi connectivity index (χ3n) is 4.13. The van der Waals surface area contributed by atoms with Crippen LogP contribution in [0.25, 0.3) is 0 Å². The van der Waals surface area contributed by atoms with Gasteiger partial charge in [0.1, 0.15) is 16.3 Å². The summed E-state index contributed by atoms with van der Waals surface area (Å²) >= 11 is 12.1. The van der Waals surface area contributed by atoms with Gasteiger partial charge in [0.05, 0.1) is 35.0 Å². The van der Waals surface area contributed by atoms with Crippen LogP contribution in [0, 0.1) is 10.1 Å². The Morgan fingerprint density at radius 3 is 2.63 bits per heavy atom. The maximum atomic E-state index is 12.9. The van der Waals surface area contributed by atoms with Gasteiger partial charge in [-0.05, 0) is 24.3 Å². The van der Waals surface area contributed by atoms with Gasteiger partial charge in [0.2, 0.25) is 0 Å². The van der Waals surface area contributed by atoms with Crippen molar-refractivity contribution in [2.45, 2.75) is 4.90 Å². The number of rotatable bonds is 4. The minimum atomic E-state index is -4.09. The molecule has 0 atom stereocenters. The molecule has 1 aliphatic rings. The van der Waals surface area contributed by atoms with Crippen LogP contribution in [0.2, 0.25) is 10.0 Å². The summed E-state index contributed by atoms with van der Waals surface area (Å²) in [6, 6.07) is 6.67. The van der Waals surface area contributed by atoms with Gasteiger partial charge in [-0.15, -0.1) is 14.3 Å². The van der Waals surface area contributed by atoms with Crippen molar-refractivity contribution in [3.63, 3.8) is 0 Å². The molecule has 1 aromatic heterocycles. The second-order valence-corrected chi connectivity index (χ2v) is 8.50. The molecule has 0 saturated carbocycles. The Morgan fingerprint density at radius 1 is 1.20 bits per heavy atom. The van der Waals surface area contributed by atoms with Gasteiger partial charge in [0.25, 0.3) is 15.7 Å². The molecule has 3 aromatic rings. The van der Waals surface area contributed by atoms with Gasteiger partial charge in [-0.3, -0.25) is 10.1 Å². The van der Waals surface area contributed by atoms with Crippen molar-refractivity contribution >= 4 is 61.8 Å². The highest BCUT2D eigenvalue weighted by Crippen LogP contribution is 2.43. The SMILES string of the molecule is COc1ccc(/N=N/c2cnn3c2Nc2c(Cl)cc(Cl)cc2S3(=O)=O)c([N+](=O)[O-])c1. The van der Waals surface area contributed by atoms with Crippen LogP contribution < -0.4 is 10.1 Å². The first-order chi connectivity index (χ1) is 14.2. The average molecular weight is 469 g/mol. The molecule has 0 unspecified atom stereocenters. The van der Waals surface area contributed by atoms with E-state index in [0.29, 0.717) is 0 Å². The van der Waals surface area contributed by atoms with Crippen LogP contribution in [0.1, 0.15) is 0 Å². The number of anilines is 2. The van der Waals surface area contributed by atoms with E-state index >= 15 is 0 Å². The van der Waals surface area contributed by atoms with Crippen molar-refractivity contribution in [3.05, 3.63) is 56.7 Å². The molecule has 11 nitrogen and oxygen atoms in total. The molecule has 0 saturated heterocycles. The van der Waals surface area contributed by atoms with E-state index in [9.17, 15) is 18.5 Å². The zero-order chi connectivity index (χ0) is 21.6. The molecular formula is C16H10Cl2N6O5S. The third kappa shape index (κ3) is 3.24. The second-order valence-electron chi connectivity index (χ2n) is 5.92. The van der Waals surface area contributed by atoms with Crippen molar-refractivity contribution in [2.75, 3.05) is 12.4 Å². The van der Waals surface area contributed by atoms with Gasteiger partial charge < -0.3 is 10.1 Å². The van der Waals surface area contributed by atoms with Crippen LogP contribution >= 0.6 is 23.2 Å². The van der Waals surface area contributed by atoms with Crippen LogP contribution in [-0.2, 0) is 10.0 Å². The molecule has 2 heterocycles. The van der Waals surface area contributed by atoms with E-state index in [4.69, 9.17) is 27.9 Å². The van der Waals surface area contributed by atoms with Crippen LogP contribution in [0.15, 0.2) is 51.7 Å². The Bertz CT molecular complexity index is 1340. The number of nitro benzene ring substituents is 1. The standard InChI is InChI=1S/C16H10Cl2N6O5S/c1-29-9-2-3-11(13(6-9)24(25)26)21-22-12-7-19-23-16(12)20-15-10(18)4-8(17)5-14(15)30(23,27)28/h2-7,20H,1H3/b22-21+. The lowest BCUT2D eigenvalue weighted by Crippen LogP contribution is -2.22. The topological polar surface area (TPSA) is 141 Å². The van der Waals surface area contributed by atoms with Crippen LogP contribution in [0.5, 0.6) is 5.75 Å². The second kappa shape index (κ2) is 7.23. The predicted octanol–water partition coefficient (Wildman–Crippen LogP) is 4.82. The van der Waals surface area contributed by atoms with Crippen molar-refractivity contribution in [3.8, 4) is 5.75 Å². The van der Waals surface area contributed by atoms with Crippen molar-refractivity contribution in [1.82, 2.24) is 9.19 Å². The molecule has 14 heteroatoms. The molecule has 2 aromatic carbocycles. The molecule has 0 amide bonds. The highest BCUT2D eigenvalue weighted by molar-refractivity contribution is 7.90. The van der Waals surface area contributed by atoms with E-state index in [1.807, 2.05) is 0 Å². The summed E-state index contributed by atoms with van der Waals surface area (Å²) in [5, 5.41) is 26.0. The monoisotopic (exact) mass is 468 g/mol. The fourth-order valence-corrected chi connectivity index (χ4v) is 4.84. The van der Waals surface area contributed by atoms with Crippen molar-refractivity contribution in [2.24, 2.45) is 10.2 Å². The molecule has 0 bridgehead atoms. The molecule has 4 rings (SSSR count). The van der Waals surface area contributed by atoms with Gasteiger partial charge in [0, 0.05) is 5.02 Å². The summed E-state index contributed by atoms with van der Waals surface area (Å²) in [7, 11) is -2.71. The Morgan fingerprint density at radius 2 is 1.93 bits per heavy atom. The summed E-state index contributed by atoms with van der Waals surface area (Å²) in [5.41, 5.74) is -0.242. The molecule has 154 valence electrons. The number of nitrogens with one attached hydrogen (secondary N) is 1. The lowest BCUT2D eigenvalue weighted by molar-refractivity contribution is -0.384. The zero-order valence-corrected chi connectivity index (χ0v) is 17.2. The normalized spacial score (nSPS) is 14.1. The maximum absolute atomic E-state index is 12.9. The molecule has 30 heavy (non-hydrogen) atoms. The Labute approximate surface area is 179 Å². The maximum Gasteiger partial charge on any atom is 0.300 e. The first-order valence-electron chi connectivity index (χ1n) is 8.06. The number of methoxy groups -OCH3 is 1. The predicted molar refractivity (Wildman–Crippen MR) is 108 cm³/mol. The van der Waals surface area contributed by atoms with E-state index < -0.39 is 14.9 Å². The lowest BCUT2D eigenvalue weighted by Gasteiger charge is -2.21. The first-order valence-corrected chi connectivity index (χ1v) is 10.3. The number of hydrogen-bond donors (Lipinski definition) is 1. The van der Waals surface area contributed by atoms with Crippen LogP contribution in [0.3, 0.4) is 0 Å². The number of halogens is 2. The number of nitro groups is 1.